The van der Waals surface area contributed by atoms with Gasteiger partial charge < -0.3 is 14.8 Å². The van der Waals surface area contributed by atoms with Gasteiger partial charge in [-0.15, -0.1) is 0 Å². The third kappa shape index (κ3) is 4.89. The summed E-state index contributed by atoms with van der Waals surface area (Å²) >= 11 is 9.23. The molecule has 0 aromatic heterocycles. The quantitative estimate of drug-likeness (QED) is 0.749. The summed E-state index contributed by atoms with van der Waals surface area (Å²) in [6.07, 6.45) is 0. The molecule has 2 rings (SSSR count). The highest BCUT2D eigenvalue weighted by molar-refractivity contribution is 9.10. The first-order valence-corrected chi connectivity index (χ1v) is 8.59. The molecule has 0 unspecified atom stereocenters. The topological polar surface area (TPSA) is 47.6 Å². The predicted molar refractivity (Wildman–Crippen MR) is 98.9 cm³/mol. The minimum Gasteiger partial charge on any atom is -0.496 e. The summed E-state index contributed by atoms with van der Waals surface area (Å²) in [7, 11) is 1.61. The smallest absolute Gasteiger partial charge is 0.258 e. The molecule has 0 aliphatic rings. The standard InChI is InChI=1S/C18H19BrClNO3/c1-11-4-6-16(23-3)14(8-11)12(2)21-18(22)10-24-17-7-5-13(20)9-15(17)19/h4-9,12H,10H2,1-3H3,(H,21,22)/t12-/m0/s1. The van der Waals surface area contributed by atoms with Crippen LogP contribution < -0.4 is 14.8 Å². The number of halogens is 2. The number of benzene rings is 2. The van der Waals surface area contributed by atoms with E-state index in [4.69, 9.17) is 21.1 Å². The summed E-state index contributed by atoms with van der Waals surface area (Å²) in [4.78, 5) is 12.1. The predicted octanol–water partition coefficient (Wildman–Crippen LogP) is 4.68. The van der Waals surface area contributed by atoms with Crippen molar-refractivity contribution in [2.45, 2.75) is 19.9 Å². The maximum absolute atomic E-state index is 12.1. The van der Waals surface area contributed by atoms with Gasteiger partial charge in [0.15, 0.2) is 6.61 Å². The molecule has 24 heavy (non-hydrogen) atoms. The molecular weight excluding hydrogens is 394 g/mol. The highest BCUT2D eigenvalue weighted by Gasteiger charge is 2.15. The van der Waals surface area contributed by atoms with E-state index in [1.54, 1.807) is 25.3 Å². The van der Waals surface area contributed by atoms with Gasteiger partial charge in [-0.25, -0.2) is 0 Å². The van der Waals surface area contributed by atoms with Crippen molar-refractivity contribution in [1.29, 1.82) is 0 Å². The lowest BCUT2D eigenvalue weighted by molar-refractivity contribution is -0.123. The van der Waals surface area contributed by atoms with E-state index in [9.17, 15) is 4.79 Å². The number of carbonyl (C=O) groups excluding carboxylic acids is 1. The van der Waals surface area contributed by atoms with Crippen LogP contribution in [0.2, 0.25) is 5.02 Å². The van der Waals surface area contributed by atoms with Gasteiger partial charge in [0.2, 0.25) is 0 Å². The second kappa shape index (κ2) is 8.40. The van der Waals surface area contributed by atoms with Crippen LogP contribution in [0.5, 0.6) is 11.5 Å². The lowest BCUT2D eigenvalue weighted by atomic mass is 10.0. The molecular formula is C18H19BrClNO3. The monoisotopic (exact) mass is 411 g/mol. The largest absolute Gasteiger partial charge is 0.496 e. The Hall–Kier alpha value is -1.72. The fourth-order valence-corrected chi connectivity index (χ4v) is 3.09. The highest BCUT2D eigenvalue weighted by atomic mass is 79.9. The lowest BCUT2D eigenvalue weighted by Crippen LogP contribution is -2.31. The van der Waals surface area contributed by atoms with Gasteiger partial charge >= 0.3 is 0 Å². The fourth-order valence-electron chi connectivity index (χ4n) is 2.29. The van der Waals surface area contributed by atoms with Crippen molar-refractivity contribution in [3.63, 3.8) is 0 Å². The maximum Gasteiger partial charge on any atom is 0.258 e. The number of aryl methyl sites for hydroxylation is 1. The zero-order chi connectivity index (χ0) is 17.7. The Balaban J connectivity index is 1.98. The molecule has 0 aliphatic carbocycles. The molecule has 0 bridgehead atoms. The Morgan fingerprint density at radius 3 is 2.62 bits per heavy atom. The van der Waals surface area contributed by atoms with Gasteiger partial charge in [-0.3, -0.25) is 4.79 Å². The molecule has 0 heterocycles. The van der Waals surface area contributed by atoms with Gasteiger partial charge in [0.1, 0.15) is 11.5 Å². The molecule has 2 aromatic carbocycles. The second-order valence-electron chi connectivity index (χ2n) is 5.40. The van der Waals surface area contributed by atoms with Crippen LogP contribution >= 0.6 is 27.5 Å². The Morgan fingerprint density at radius 1 is 1.25 bits per heavy atom. The molecule has 0 fully saturated rings. The van der Waals surface area contributed by atoms with Crippen LogP contribution in [0.3, 0.4) is 0 Å². The summed E-state index contributed by atoms with van der Waals surface area (Å²) in [6, 6.07) is 10.8. The number of carbonyl (C=O) groups is 1. The average molecular weight is 413 g/mol. The van der Waals surface area contributed by atoms with E-state index in [0.717, 1.165) is 16.9 Å². The van der Waals surface area contributed by atoms with Gasteiger partial charge in [0.05, 0.1) is 17.6 Å². The average Bonchev–Trinajstić information content (AvgIpc) is 2.54. The molecule has 128 valence electrons. The second-order valence-corrected chi connectivity index (χ2v) is 6.69. The van der Waals surface area contributed by atoms with Gasteiger partial charge in [-0.1, -0.05) is 29.3 Å². The summed E-state index contributed by atoms with van der Waals surface area (Å²) in [5, 5.41) is 3.51. The molecule has 4 nitrogen and oxygen atoms in total. The lowest BCUT2D eigenvalue weighted by Gasteiger charge is -2.18. The van der Waals surface area contributed by atoms with Crippen LogP contribution in [-0.4, -0.2) is 19.6 Å². The zero-order valence-corrected chi connectivity index (χ0v) is 16.1. The Labute approximate surface area is 155 Å². The van der Waals surface area contributed by atoms with Crippen molar-refractivity contribution in [3.05, 3.63) is 57.0 Å². The van der Waals surface area contributed by atoms with Crippen LogP contribution in [0.4, 0.5) is 0 Å². The Bertz CT molecular complexity index is 736. The SMILES string of the molecule is COc1ccc(C)cc1[C@H](C)NC(=O)COc1ccc(Cl)cc1Br. The van der Waals surface area contributed by atoms with E-state index in [-0.39, 0.29) is 18.6 Å². The molecule has 0 saturated heterocycles. The summed E-state index contributed by atoms with van der Waals surface area (Å²) in [5.41, 5.74) is 2.03. The maximum atomic E-state index is 12.1. The van der Waals surface area contributed by atoms with Crippen LogP contribution in [0, 0.1) is 6.92 Å². The molecule has 1 N–H and O–H groups in total. The van der Waals surface area contributed by atoms with Gasteiger partial charge in [0.25, 0.3) is 5.91 Å². The Kier molecular flexibility index (Phi) is 6.52. The molecule has 2 aromatic rings. The van der Waals surface area contributed by atoms with Crippen LogP contribution in [0.15, 0.2) is 40.9 Å². The molecule has 6 heteroatoms. The van der Waals surface area contributed by atoms with Crippen molar-refractivity contribution in [1.82, 2.24) is 5.32 Å². The van der Waals surface area contributed by atoms with Crippen molar-refractivity contribution in [3.8, 4) is 11.5 Å². The Morgan fingerprint density at radius 2 is 1.96 bits per heavy atom. The number of rotatable bonds is 6. The molecule has 1 amide bonds. The van der Waals surface area contributed by atoms with Gasteiger partial charge in [0, 0.05) is 10.6 Å². The molecule has 0 radical (unpaired) electrons. The van der Waals surface area contributed by atoms with Crippen molar-refractivity contribution in [2.24, 2.45) is 0 Å². The molecule has 0 aliphatic heterocycles. The first-order chi connectivity index (χ1) is 11.4. The number of nitrogens with one attached hydrogen (secondary N) is 1. The molecule has 0 spiro atoms. The van der Waals surface area contributed by atoms with E-state index in [2.05, 4.69) is 21.2 Å². The summed E-state index contributed by atoms with van der Waals surface area (Å²) < 4.78 is 11.6. The third-order valence-corrected chi connectivity index (χ3v) is 4.34. The van der Waals surface area contributed by atoms with Gasteiger partial charge in [-0.05, 0) is 54.0 Å². The minimum absolute atomic E-state index is 0.0846. The van der Waals surface area contributed by atoms with Crippen LogP contribution in [0.1, 0.15) is 24.1 Å². The fraction of sp³-hybridized carbons (Fsp3) is 0.278. The zero-order valence-electron chi connectivity index (χ0n) is 13.7. The van der Waals surface area contributed by atoms with Crippen LogP contribution in [0.25, 0.3) is 0 Å². The summed E-state index contributed by atoms with van der Waals surface area (Å²) in [5.74, 6) is 1.10. The number of hydrogen-bond donors (Lipinski definition) is 1. The first kappa shape index (κ1) is 18.6. The summed E-state index contributed by atoms with van der Waals surface area (Å²) in [6.45, 7) is 3.82. The minimum atomic E-state index is -0.215. The normalized spacial score (nSPS) is 11.7. The number of ether oxygens (including phenoxy) is 2. The van der Waals surface area contributed by atoms with E-state index in [0.29, 0.717) is 15.2 Å². The van der Waals surface area contributed by atoms with E-state index in [1.807, 2.05) is 32.0 Å². The number of methoxy groups -OCH3 is 1. The third-order valence-electron chi connectivity index (χ3n) is 3.48. The number of hydrogen-bond acceptors (Lipinski definition) is 3. The van der Waals surface area contributed by atoms with E-state index in [1.165, 1.54) is 0 Å². The van der Waals surface area contributed by atoms with Crippen molar-refractivity contribution < 1.29 is 14.3 Å². The van der Waals surface area contributed by atoms with Crippen molar-refractivity contribution in [2.75, 3.05) is 13.7 Å². The first-order valence-electron chi connectivity index (χ1n) is 7.42. The van der Waals surface area contributed by atoms with Crippen LogP contribution in [-0.2, 0) is 4.79 Å². The van der Waals surface area contributed by atoms with Gasteiger partial charge in [-0.2, -0.15) is 0 Å². The van der Waals surface area contributed by atoms with E-state index < -0.39 is 0 Å². The van der Waals surface area contributed by atoms with Crippen molar-refractivity contribution >= 4 is 33.4 Å². The number of amides is 1. The molecule has 1 atom stereocenters. The molecule has 0 saturated carbocycles. The highest BCUT2D eigenvalue weighted by Crippen LogP contribution is 2.28. The van der Waals surface area contributed by atoms with E-state index >= 15 is 0 Å².